The first kappa shape index (κ1) is 11.4. The van der Waals surface area contributed by atoms with Crippen molar-refractivity contribution in [1.82, 2.24) is 0 Å². The molecule has 0 aromatic rings. The number of hydrogen-bond donors (Lipinski definition) is 1. The van der Waals surface area contributed by atoms with Gasteiger partial charge in [0.05, 0.1) is 11.7 Å². The molecule has 1 saturated carbocycles. The first-order valence-electron chi connectivity index (χ1n) is 6.21. The Morgan fingerprint density at radius 2 is 2.44 bits per heavy atom. The van der Waals surface area contributed by atoms with Crippen LogP contribution in [0.15, 0.2) is 23.8 Å². The fraction of sp³-hybridized carbons (Fsp3) is 0.643. The molecule has 0 amide bonds. The molecule has 0 radical (unpaired) electrons. The van der Waals surface area contributed by atoms with Crippen molar-refractivity contribution in [3.63, 3.8) is 0 Å². The Morgan fingerprint density at radius 1 is 1.56 bits per heavy atom. The zero-order chi connectivity index (χ0) is 11.4. The first-order chi connectivity index (χ1) is 7.76. The van der Waals surface area contributed by atoms with Crippen molar-refractivity contribution in [1.29, 1.82) is 5.26 Å². The molecule has 0 saturated heterocycles. The predicted octanol–water partition coefficient (Wildman–Crippen LogP) is 3.10. The van der Waals surface area contributed by atoms with Gasteiger partial charge in [-0.1, -0.05) is 23.8 Å². The summed E-state index contributed by atoms with van der Waals surface area (Å²) in [5.41, 5.74) is 0.825. The standard InChI is InChI=1S/C14H19NO/c15-11-4-3-9-14(16)10-5-7-12-6-1-2-8-13(12)14/h2,6,8,13,16H,1,3-5,7,9-10H2. The minimum Gasteiger partial charge on any atom is -0.389 e. The van der Waals surface area contributed by atoms with Crippen LogP contribution in [0.4, 0.5) is 0 Å². The lowest BCUT2D eigenvalue weighted by atomic mass is 9.68. The lowest BCUT2D eigenvalue weighted by molar-refractivity contribution is -0.0196. The summed E-state index contributed by atoms with van der Waals surface area (Å²) in [6.07, 6.45) is 12.8. The Kier molecular flexibility index (Phi) is 3.46. The van der Waals surface area contributed by atoms with Gasteiger partial charge in [0.15, 0.2) is 0 Å². The fourth-order valence-corrected chi connectivity index (χ4v) is 2.97. The van der Waals surface area contributed by atoms with Crippen molar-refractivity contribution in [3.05, 3.63) is 23.8 Å². The number of hydrogen-bond acceptors (Lipinski definition) is 2. The smallest absolute Gasteiger partial charge is 0.0747 e. The van der Waals surface area contributed by atoms with Crippen molar-refractivity contribution in [3.8, 4) is 6.07 Å². The highest BCUT2D eigenvalue weighted by atomic mass is 16.3. The molecule has 2 heteroatoms. The van der Waals surface area contributed by atoms with Crippen molar-refractivity contribution < 1.29 is 5.11 Å². The third-order valence-electron chi connectivity index (χ3n) is 3.80. The summed E-state index contributed by atoms with van der Waals surface area (Å²) in [6, 6.07) is 2.15. The maximum atomic E-state index is 10.7. The zero-order valence-electron chi connectivity index (χ0n) is 9.65. The summed E-state index contributed by atoms with van der Waals surface area (Å²) < 4.78 is 0. The number of unbranched alkanes of at least 4 members (excludes halogenated alkanes) is 1. The average molecular weight is 217 g/mol. The molecule has 0 aromatic carbocycles. The monoisotopic (exact) mass is 217 g/mol. The van der Waals surface area contributed by atoms with E-state index in [1.165, 1.54) is 5.57 Å². The second kappa shape index (κ2) is 4.84. The minimum absolute atomic E-state index is 0.216. The van der Waals surface area contributed by atoms with Crippen molar-refractivity contribution in [2.75, 3.05) is 0 Å². The number of nitriles is 1. The van der Waals surface area contributed by atoms with Gasteiger partial charge in [-0.15, -0.1) is 0 Å². The van der Waals surface area contributed by atoms with E-state index in [4.69, 9.17) is 5.26 Å². The van der Waals surface area contributed by atoms with Crippen LogP contribution < -0.4 is 0 Å². The van der Waals surface area contributed by atoms with Crippen LogP contribution in [0.1, 0.15) is 44.9 Å². The Labute approximate surface area is 97.3 Å². The summed E-state index contributed by atoms with van der Waals surface area (Å²) in [5, 5.41) is 19.2. The highest BCUT2D eigenvalue weighted by Crippen LogP contribution is 2.43. The van der Waals surface area contributed by atoms with Crippen LogP contribution in [0.25, 0.3) is 0 Å². The van der Waals surface area contributed by atoms with Gasteiger partial charge >= 0.3 is 0 Å². The molecule has 2 rings (SSSR count). The Bertz CT molecular complexity index is 350. The van der Waals surface area contributed by atoms with Gasteiger partial charge < -0.3 is 5.11 Å². The summed E-state index contributed by atoms with van der Waals surface area (Å²) in [4.78, 5) is 0. The van der Waals surface area contributed by atoms with Crippen molar-refractivity contribution in [2.24, 2.45) is 5.92 Å². The Balaban J connectivity index is 2.06. The molecule has 2 aliphatic rings. The van der Waals surface area contributed by atoms with Crippen LogP contribution in [0.2, 0.25) is 0 Å². The number of rotatable bonds is 3. The van der Waals surface area contributed by atoms with Crippen LogP contribution in [0.5, 0.6) is 0 Å². The van der Waals surface area contributed by atoms with Crippen LogP contribution in [0.3, 0.4) is 0 Å². The molecule has 2 unspecified atom stereocenters. The summed E-state index contributed by atoms with van der Waals surface area (Å²) in [6.45, 7) is 0. The average Bonchev–Trinajstić information content (AvgIpc) is 2.30. The van der Waals surface area contributed by atoms with Gasteiger partial charge in [0.25, 0.3) is 0 Å². The van der Waals surface area contributed by atoms with Crippen molar-refractivity contribution >= 4 is 0 Å². The highest BCUT2D eigenvalue weighted by Gasteiger charge is 2.39. The van der Waals surface area contributed by atoms with Gasteiger partial charge in [-0.2, -0.15) is 5.26 Å². The van der Waals surface area contributed by atoms with E-state index in [0.29, 0.717) is 6.42 Å². The second-order valence-corrected chi connectivity index (χ2v) is 4.89. The molecule has 1 fully saturated rings. The van der Waals surface area contributed by atoms with Crippen LogP contribution in [-0.4, -0.2) is 10.7 Å². The van der Waals surface area contributed by atoms with Gasteiger partial charge in [-0.3, -0.25) is 0 Å². The van der Waals surface area contributed by atoms with E-state index < -0.39 is 5.60 Å². The van der Waals surface area contributed by atoms with Gasteiger partial charge in [-0.25, -0.2) is 0 Å². The van der Waals surface area contributed by atoms with Gasteiger partial charge in [0.2, 0.25) is 0 Å². The maximum absolute atomic E-state index is 10.7. The molecule has 86 valence electrons. The lowest BCUT2D eigenvalue weighted by Crippen LogP contribution is -2.41. The molecule has 2 atom stereocenters. The van der Waals surface area contributed by atoms with E-state index in [1.807, 2.05) is 0 Å². The van der Waals surface area contributed by atoms with E-state index in [2.05, 4.69) is 24.3 Å². The van der Waals surface area contributed by atoms with Gasteiger partial charge in [0, 0.05) is 12.3 Å². The zero-order valence-corrected chi connectivity index (χ0v) is 9.65. The molecule has 1 N–H and O–H groups in total. The molecule has 0 aliphatic heterocycles. The third kappa shape index (κ3) is 2.20. The number of fused-ring (bicyclic) bond motifs is 1. The molecule has 2 nitrogen and oxygen atoms in total. The molecule has 2 aliphatic carbocycles. The molecule has 16 heavy (non-hydrogen) atoms. The molecule has 0 bridgehead atoms. The fourth-order valence-electron chi connectivity index (χ4n) is 2.97. The van der Waals surface area contributed by atoms with Crippen LogP contribution in [0, 0.1) is 17.2 Å². The van der Waals surface area contributed by atoms with E-state index in [0.717, 1.165) is 38.5 Å². The SMILES string of the molecule is N#CCCCC1(O)CCCC2=CCC=CC21. The summed E-state index contributed by atoms with van der Waals surface area (Å²) >= 11 is 0. The van der Waals surface area contributed by atoms with E-state index in [1.54, 1.807) is 0 Å². The molecular formula is C14H19NO. The quantitative estimate of drug-likeness (QED) is 0.583. The van der Waals surface area contributed by atoms with Crippen LogP contribution in [-0.2, 0) is 0 Å². The molecule has 0 aromatic heterocycles. The molecular weight excluding hydrogens is 198 g/mol. The van der Waals surface area contributed by atoms with Gasteiger partial charge in [0.1, 0.15) is 0 Å². The Hall–Kier alpha value is -1.07. The lowest BCUT2D eigenvalue weighted by Gasteiger charge is -2.41. The van der Waals surface area contributed by atoms with E-state index in [-0.39, 0.29) is 5.92 Å². The predicted molar refractivity (Wildman–Crippen MR) is 63.6 cm³/mol. The largest absolute Gasteiger partial charge is 0.389 e. The van der Waals surface area contributed by atoms with Crippen molar-refractivity contribution in [2.45, 2.75) is 50.5 Å². The first-order valence-corrected chi connectivity index (χ1v) is 6.21. The maximum Gasteiger partial charge on any atom is 0.0747 e. The van der Waals surface area contributed by atoms with E-state index >= 15 is 0 Å². The molecule has 0 heterocycles. The number of nitrogens with zero attached hydrogens (tertiary/aromatic N) is 1. The normalized spacial score (nSPS) is 32.8. The van der Waals surface area contributed by atoms with Crippen LogP contribution >= 0.6 is 0 Å². The van der Waals surface area contributed by atoms with E-state index in [9.17, 15) is 5.11 Å². The summed E-state index contributed by atoms with van der Waals surface area (Å²) in [7, 11) is 0. The highest BCUT2D eigenvalue weighted by molar-refractivity contribution is 5.26. The summed E-state index contributed by atoms with van der Waals surface area (Å²) in [5.74, 6) is 0.216. The minimum atomic E-state index is -0.585. The Morgan fingerprint density at radius 3 is 3.25 bits per heavy atom. The number of allylic oxidation sites excluding steroid dienone is 2. The second-order valence-electron chi connectivity index (χ2n) is 4.89. The third-order valence-corrected chi connectivity index (χ3v) is 3.80. The van der Waals surface area contributed by atoms with Gasteiger partial charge in [-0.05, 0) is 38.5 Å². The topological polar surface area (TPSA) is 44.0 Å². The molecule has 0 spiro atoms. The number of aliphatic hydroxyl groups is 1.